The fourth-order valence-electron chi connectivity index (χ4n) is 0.373. The maximum atomic E-state index is 8.59. The molecule has 0 aromatic rings. The van der Waals surface area contributed by atoms with Crippen molar-refractivity contribution in [3.8, 4) is 11.8 Å². The molecule has 0 bridgehead atoms. The third kappa shape index (κ3) is 4.37. The molecule has 0 aliphatic rings. The molecule has 0 fully saturated rings. The maximum absolute atomic E-state index is 8.59. The second-order valence-corrected chi connectivity index (χ2v) is 2.65. The van der Waals surface area contributed by atoms with Crippen molar-refractivity contribution in [1.82, 2.24) is 0 Å². The molecule has 2 N–H and O–H groups in total. The Labute approximate surface area is 61.9 Å². The van der Waals surface area contributed by atoms with Gasteiger partial charge < -0.3 is 10.2 Å². The van der Waals surface area contributed by atoms with Gasteiger partial charge in [0, 0.05) is 5.92 Å². The van der Waals surface area contributed by atoms with E-state index in [-0.39, 0.29) is 5.92 Å². The summed E-state index contributed by atoms with van der Waals surface area (Å²) >= 11 is 0. The fraction of sp³-hybridized carbons (Fsp3) is 0.750. The Kier molecular flexibility index (Phi) is 4.10. The van der Waals surface area contributed by atoms with Crippen molar-refractivity contribution in [1.29, 1.82) is 0 Å². The largest absolute Gasteiger partial charge is 0.367 e. The Morgan fingerprint density at radius 2 is 1.50 bits per heavy atom. The Balaban J connectivity index is 3.80. The van der Waals surface area contributed by atoms with Crippen LogP contribution in [-0.2, 0) is 0 Å². The van der Waals surface area contributed by atoms with Crippen LogP contribution in [0.3, 0.4) is 0 Å². The monoisotopic (exact) mass is 142 g/mol. The van der Waals surface area contributed by atoms with E-state index < -0.39 is 6.29 Å². The topological polar surface area (TPSA) is 40.5 Å². The standard InChI is InChI=1S/C8H14O2/c1-6(2)4-5-7(3)8(9)10/h6-10H,1-3H3. The molecule has 10 heavy (non-hydrogen) atoms. The predicted molar refractivity (Wildman–Crippen MR) is 40.0 cm³/mol. The summed E-state index contributed by atoms with van der Waals surface area (Å²) in [6.45, 7) is 5.60. The Morgan fingerprint density at radius 1 is 1.00 bits per heavy atom. The highest BCUT2D eigenvalue weighted by Gasteiger charge is 2.04. The first-order chi connectivity index (χ1) is 4.54. The van der Waals surface area contributed by atoms with Gasteiger partial charge in [0.2, 0.25) is 0 Å². The van der Waals surface area contributed by atoms with Crippen LogP contribution in [0.5, 0.6) is 0 Å². The molecule has 0 aliphatic carbocycles. The molecular formula is C8H14O2. The molecule has 0 spiro atoms. The lowest BCUT2D eigenvalue weighted by Crippen LogP contribution is -2.14. The van der Waals surface area contributed by atoms with E-state index in [0.717, 1.165) is 0 Å². The SMILES string of the molecule is CC(C)C#CC(C)C(O)O. The highest BCUT2D eigenvalue weighted by molar-refractivity contribution is 5.04. The van der Waals surface area contributed by atoms with E-state index in [4.69, 9.17) is 10.2 Å². The number of hydrogen-bond acceptors (Lipinski definition) is 2. The number of hydrogen-bond donors (Lipinski definition) is 2. The Morgan fingerprint density at radius 3 is 1.80 bits per heavy atom. The number of aliphatic hydroxyl groups is 2. The summed E-state index contributed by atoms with van der Waals surface area (Å²) in [6.07, 6.45) is -1.31. The third-order valence-corrected chi connectivity index (χ3v) is 1.05. The minimum atomic E-state index is -1.31. The van der Waals surface area contributed by atoms with Crippen molar-refractivity contribution in [3.63, 3.8) is 0 Å². The van der Waals surface area contributed by atoms with E-state index in [1.165, 1.54) is 0 Å². The zero-order valence-corrected chi connectivity index (χ0v) is 6.63. The summed E-state index contributed by atoms with van der Waals surface area (Å²) in [7, 11) is 0. The maximum Gasteiger partial charge on any atom is 0.165 e. The molecule has 0 radical (unpaired) electrons. The molecule has 0 saturated heterocycles. The van der Waals surface area contributed by atoms with Gasteiger partial charge in [-0.1, -0.05) is 19.8 Å². The van der Waals surface area contributed by atoms with Crippen LogP contribution in [0.1, 0.15) is 20.8 Å². The van der Waals surface area contributed by atoms with Crippen LogP contribution in [0.15, 0.2) is 0 Å². The second-order valence-electron chi connectivity index (χ2n) is 2.65. The molecule has 2 nitrogen and oxygen atoms in total. The average Bonchev–Trinajstić information content (AvgIpc) is 1.82. The lowest BCUT2D eigenvalue weighted by atomic mass is 10.1. The van der Waals surface area contributed by atoms with Gasteiger partial charge in [-0.25, -0.2) is 0 Å². The van der Waals surface area contributed by atoms with Crippen molar-refractivity contribution >= 4 is 0 Å². The van der Waals surface area contributed by atoms with E-state index in [1.807, 2.05) is 13.8 Å². The smallest absolute Gasteiger partial charge is 0.165 e. The quantitative estimate of drug-likeness (QED) is 0.415. The predicted octanol–water partition coefficient (Wildman–Crippen LogP) is 0.593. The summed E-state index contributed by atoms with van der Waals surface area (Å²) < 4.78 is 0. The van der Waals surface area contributed by atoms with Crippen LogP contribution < -0.4 is 0 Å². The molecule has 2 heteroatoms. The van der Waals surface area contributed by atoms with E-state index >= 15 is 0 Å². The van der Waals surface area contributed by atoms with Gasteiger partial charge in [0.05, 0.1) is 5.92 Å². The van der Waals surface area contributed by atoms with E-state index in [1.54, 1.807) is 6.92 Å². The van der Waals surface area contributed by atoms with Gasteiger partial charge in [0.1, 0.15) is 0 Å². The number of rotatable bonds is 1. The van der Waals surface area contributed by atoms with Gasteiger partial charge in [0.15, 0.2) is 6.29 Å². The lowest BCUT2D eigenvalue weighted by Gasteiger charge is -2.04. The van der Waals surface area contributed by atoms with Crippen LogP contribution in [0.2, 0.25) is 0 Å². The van der Waals surface area contributed by atoms with Crippen molar-refractivity contribution in [2.24, 2.45) is 11.8 Å². The van der Waals surface area contributed by atoms with Crippen LogP contribution in [-0.4, -0.2) is 16.5 Å². The molecule has 0 aliphatic heterocycles. The summed E-state index contributed by atoms with van der Waals surface area (Å²) in [5, 5.41) is 17.2. The van der Waals surface area contributed by atoms with Gasteiger partial charge in [-0.05, 0) is 6.92 Å². The summed E-state index contributed by atoms with van der Waals surface area (Å²) in [6, 6.07) is 0. The summed E-state index contributed by atoms with van der Waals surface area (Å²) in [5.74, 6) is 5.54. The zero-order valence-electron chi connectivity index (χ0n) is 6.63. The highest BCUT2D eigenvalue weighted by atomic mass is 16.5. The normalized spacial score (nSPS) is 13.1. The van der Waals surface area contributed by atoms with Gasteiger partial charge >= 0.3 is 0 Å². The van der Waals surface area contributed by atoms with Crippen molar-refractivity contribution in [2.75, 3.05) is 0 Å². The van der Waals surface area contributed by atoms with Crippen molar-refractivity contribution in [2.45, 2.75) is 27.1 Å². The molecule has 0 aromatic carbocycles. The van der Waals surface area contributed by atoms with Gasteiger partial charge in [0.25, 0.3) is 0 Å². The molecular weight excluding hydrogens is 128 g/mol. The first-order valence-corrected chi connectivity index (χ1v) is 3.41. The van der Waals surface area contributed by atoms with Gasteiger partial charge in [-0.2, -0.15) is 0 Å². The average molecular weight is 142 g/mol. The lowest BCUT2D eigenvalue weighted by molar-refractivity contribution is -0.0626. The first-order valence-electron chi connectivity index (χ1n) is 3.41. The molecule has 0 saturated carbocycles. The Bertz CT molecular complexity index is 139. The van der Waals surface area contributed by atoms with E-state index in [0.29, 0.717) is 5.92 Å². The first kappa shape index (κ1) is 9.48. The second kappa shape index (κ2) is 4.32. The molecule has 1 unspecified atom stereocenters. The molecule has 0 amide bonds. The molecule has 1 atom stereocenters. The van der Waals surface area contributed by atoms with Crippen LogP contribution in [0.25, 0.3) is 0 Å². The van der Waals surface area contributed by atoms with Gasteiger partial charge in [-0.3, -0.25) is 0 Å². The van der Waals surface area contributed by atoms with Crippen LogP contribution in [0, 0.1) is 23.7 Å². The molecule has 0 aromatic heterocycles. The highest BCUT2D eigenvalue weighted by Crippen LogP contribution is 1.97. The molecule has 58 valence electrons. The zero-order chi connectivity index (χ0) is 8.15. The summed E-state index contributed by atoms with van der Waals surface area (Å²) in [4.78, 5) is 0. The fourth-order valence-corrected chi connectivity index (χ4v) is 0.373. The van der Waals surface area contributed by atoms with E-state index in [9.17, 15) is 0 Å². The van der Waals surface area contributed by atoms with E-state index in [2.05, 4.69) is 11.8 Å². The van der Waals surface area contributed by atoms with Crippen molar-refractivity contribution in [3.05, 3.63) is 0 Å². The third-order valence-electron chi connectivity index (χ3n) is 1.05. The molecule has 0 rings (SSSR count). The van der Waals surface area contributed by atoms with Gasteiger partial charge in [-0.15, -0.1) is 5.92 Å². The summed E-state index contributed by atoms with van der Waals surface area (Å²) in [5.41, 5.74) is 0. The van der Waals surface area contributed by atoms with Crippen molar-refractivity contribution < 1.29 is 10.2 Å². The molecule has 0 heterocycles. The number of aliphatic hydroxyl groups excluding tert-OH is 1. The minimum Gasteiger partial charge on any atom is -0.367 e. The van der Waals surface area contributed by atoms with Crippen LogP contribution >= 0.6 is 0 Å². The minimum absolute atomic E-state index is 0.293. The Hall–Kier alpha value is -0.520. The van der Waals surface area contributed by atoms with Crippen LogP contribution in [0.4, 0.5) is 0 Å².